The van der Waals surface area contributed by atoms with Crippen molar-refractivity contribution in [3.63, 3.8) is 0 Å². The van der Waals surface area contributed by atoms with Crippen molar-refractivity contribution < 1.29 is 19.6 Å². The van der Waals surface area contributed by atoms with Crippen molar-refractivity contribution in [2.24, 2.45) is 5.92 Å². The van der Waals surface area contributed by atoms with Crippen molar-refractivity contribution in [2.75, 3.05) is 26.3 Å². The lowest BCUT2D eigenvalue weighted by molar-refractivity contribution is -0.384. The Bertz CT molecular complexity index is 512. The Labute approximate surface area is 122 Å². The molecule has 7 heteroatoms. The Hall–Kier alpha value is -2.15. The van der Waals surface area contributed by atoms with E-state index in [2.05, 4.69) is 0 Å². The predicted octanol–water partition coefficient (Wildman–Crippen LogP) is 1.20. The summed E-state index contributed by atoms with van der Waals surface area (Å²) in [7, 11) is 0. The van der Waals surface area contributed by atoms with Gasteiger partial charge in [0.1, 0.15) is 5.75 Å². The topological polar surface area (TPSA) is 92.9 Å². The lowest BCUT2D eigenvalue weighted by Gasteiger charge is -2.31. The van der Waals surface area contributed by atoms with E-state index in [0.29, 0.717) is 18.8 Å². The predicted molar refractivity (Wildman–Crippen MR) is 75.0 cm³/mol. The molecule has 7 nitrogen and oxygen atoms in total. The van der Waals surface area contributed by atoms with Crippen LogP contribution in [0.25, 0.3) is 0 Å². The van der Waals surface area contributed by atoms with Gasteiger partial charge in [-0.15, -0.1) is 0 Å². The fraction of sp³-hybridized carbons (Fsp3) is 0.500. The van der Waals surface area contributed by atoms with Gasteiger partial charge in [-0.3, -0.25) is 14.9 Å². The monoisotopic (exact) mass is 294 g/mol. The van der Waals surface area contributed by atoms with Crippen molar-refractivity contribution in [3.8, 4) is 5.75 Å². The molecule has 0 aromatic heterocycles. The average Bonchev–Trinajstić information content (AvgIpc) is 2.53. The highest BCUT2D eigenvalue weighted by atomic mass is 16.6. The van der Waals surface area contributed by atoms with Gasteiger partial charge >= 0.3 is 0 Å². The second-order valence-electron chi connectivity index (χ2n) is 5.05. The number of rotatable bonds is 5. The molecule has 1 fully saturated rings. The number of nitro benzene ring substituents is 1. The van der Waals surface area contributed by atoms with E-state index in [0.717, 1.165) is 12.8 Å². The number of nitro groups is 1. The van der Waals surface area contributed by atoms with E-state index in [-0.39, 0.29) is 30.7 Å². The number of aliphatic hydroxyl groups is 1. The number of carbonyl (C=O) groups is 1. The van der Waals surface area contributed by atoms with Crippen molar-refractivity contribution in [3.05, 3.63) is 34.4 Å². The zero-order chi connectivity index (χ0) is 15.2. The Kier molecular flexibility index (Phi) is 5.10. The molecule has 1 saturated heterocycles. The van der Waals surface area contributed by atoms with Gasteiger partial charge < -0.3 is 14.7 Å². The number of non-ortho nitro benzene ring substituents is 1. The van der Waals surface area contributed by atoms with E-state index in [1.807, 2.05) is 0 Å². The molecule has 1 aliphatic rings. The lowest BCUT2D eigenvalue weighted by atomic mass is 9.98. The van der Waals surface area contributed by atoms with E-state index in [1.165, 1.54) is 18.2 Å². The molecule has 21 heavy (non-hydrogen) atoms. The maximum atomic E-state index is 12.0. The van der Waals surface area contributed by atoms with Crippen LogP contribution in [0, 0.1) is 16.0 Å². The summed E-state index contributed by atoms with van der Waals surface area (Å²) in [6.45, 7) is 1.25. The minimum absolute atomic E-state index is 0.0660. The van der Waals surface area contributed by atoms with Gasteiger partial charge in [0.25, 0.3) is 11.6 Å². The standard InChI is InChI=1S/C14H18N2O5/c17-9-11-4-6-15(7-5-11)14(18)10-21-13-3-1-2-12(8-13)16(19)20/h1-3,8,11,17H,4-7,9-10H2. The number of likely N-dealkylation sites (tertiary alicyclic amines) is 1. The molecule has 1 amide bonds. The van der Waals surface area contributed by atoms with Crippen LogP contribution in [0.5, 0.6) is 5.75 Å². The van der Waals surface area contributed by atoms with Crippen LogP contribution in [0.4, 0.5) is 5.69 Å². The summed E-state index contributed by atoms with van der Waals surface area (Å²) in [6.07, 6.45) is 1.58. The molecule has 0 spiro atoms. The molecule has 0 unspecified atom stereocenters. The Morgan fingerprint density at radius 1 is 1.43 bits per heavy atom. The highest BCUT2D eigenvalue weighted by Gasteiger charge is 2.22. The SMILES string of the molecule is O=C(COc1cccc([N+](=O)[O-])c1)N1CCC(CO)CC1. The summed E-state index contributed by atoms with van der Waals surface area (Å²) in [4.78, 5) is 23.8. The van der Waals surface area contributed by atoms with Gasteiger partial charge in [-0.2, -0.15) is 0 Å². The highest BCUT2D eigenvalue weighted by molar-refractivity contribution is 5.77. The number of benzene rings is 1. The summed E-state index contributed by atoms with van der Waals surface area (Å²) in [5, 5.41) is 19.7. The van der Waals surface area contributed by atoms with Gasteiger partial charge in [-0.1, -0.05) is 6.07 Å². The van der Waals surface area contributed by atoms with Crippen LogP contribution in [0.15, 0.2) is 24.3 Å². The number of carbonyl (C=O) groups excluding carboxylic acids is 1. The van der Waals surface area contributed by atoms with Crippen LogP contribution in [0.1, 0.15) is 12.8 Å². The summed E-state index contributed by atoms with van der Waals surface area (Å²) >= 11 is 0. The van der Waals surface area contributed by atoms with Gasteiger partial charge in [-0.05, 0) is 24.8 Å². The van der Waals surface area contributed by atoms with Gasteiger partial charge in [0.15, 0.2) is 6.61 Å². The molecule has 1 N–H and O–H groups in total. The largest absolute Gasteiger partial charge is 0.484 e. The minimum atomic E-state index is -0.506. The molecule has 0 saturated carbocycles. The second kappa shape index (κ2) is 7.03. The first kappa shape index (κ1) is 15.2. The van der Waals surface area contributed by atoms with Crippen LogP contribution < -0.4 is 4.74 Å². The van der Waals surface area contributed by atoms with E-state index < -0.39 is 4.92 Å². The van der Waals surface area contributed by atoms with Crippen LogP contribution in [-0.4, -0.2) is 47.1 Å². The zero-order valence-electron chi connectivity index (χ0n) is 11.6. The smallest absolute Gasteiger partial charge is 0.273 e. The van der Waals surface area contributed by atoms with Crippen LogP contribution in [-0.2, 0) is 4.79 Å². The molecule has 1 aliphatic heterocycles. The first-order valence-electron chi connectivity index (χ1n) is 6.86. The second-order valence-corrected chi connectivity index (χ2v) is 5.05. The number of hydrogen-bond donors (Lipinski definition) is 1. The molecule has 2 rings (SSSR count). The van der Waals surface area contributed by atoms with Crippen molar-refractivity contribution in [1.29, 1.82) is 0 Å². The third-order valence-corrected chi connectivity index (χ3v) is 3.62. The minimum Gasteiger partial charge on any atom is -0.484 e. The molecule has 0 atom stereocenters. The molecular weight excluding hydrogens is 276 g/mol. The number of hydrogen-bond acceptors (Lipinski definition) is 5. The van der Waals surface area contributed by atoms with E-state index in [1.54, 1.807) is 11.0 Å². The first-order valence-corrected chi connectivity index (χ1v) is 6.86. The lowest BCUT2D eigenvalue weighted by Crippen LogP contribution is -2.41. The van der Waals surface area contributed by atoms with Gasteiger partial charge in [0.2, 0.25) is 0 Å². The number of ether oxygens (including phenoxy) is 1. The molecule has 1 aromatic carbocycles. The fourth-order valence-corrected chi connectivity index (χ4v) is 2.29. The average molecular weight is 294 g/mol. The summed E-state index contributed by atoms with van der Waals surface area (Å²) in [5.41, 5.74) is -0.0660. The van der Waals surface area contributed by atoms with E-state index in [9.17, 15) is 14.9 Å². The maximum absolute atomic E-state index is 12.0. The Morgan fingerprint density at radius 2 is 2.14 bits per heavy atom. The first-order chi connectivity index (χ1) is 10.1. The third kappa shape index (κ3) is 4.16. The molecular formula is C14H18N2O5. The molecule has 1 heterocycles. The quantitative estimate of drug-likeness (QED) is 0.650. The fourth-order valence-electron chi connectivity index (χ4n) is 2.29. The molecule has 0 bridgehead atoms. The highest BCUT2D eigenvalue weighted by Crippen LogP contribution is 2.20. The molecule has 114 valence electrons. The van der Waals surface area contributed by atoms with Crippen LogP contribution >= 0.6 is 0 Å². The number of amides is 1. The van der Waals surface area contributed by atoms with E-state index in [4.69, 9.17) is 9.84 Å². The van der Waals surface area contributed by atoms with Gasteiger partial charge in [0, 0.05) is 25.8 Å². The molecule has 0 aliphatic carbocycles. The molecule has 1 aromatic rings. The number of nitrogens with zero attached hydrogens (tertiary/aromatic N) is 2. The number of aliphatic hydroxyl groups excluding tert-OH is 1. The maximum Gasteiger partial charge on any atom is 0.273 e. The number of piperidine rings is 1. The Balaban J connectivity index is 1.84. The summed E-state index contributed by atoms with van der Waals surface area (Å²) < 4.78 is 5.32. The van der Waals surface area contributed by atoms with Gasteiger partial charge in [0.05, 0.1) is 11.0 Å². The zero-order valence-corrected chi connectivity index (χ0v) is 11.6. The van der Waals surface area contributed by atoms with Crippen LogP contribution in [0.2, 0.25) is 0 Å². The van der Waals surface area contributed by atoms with E-state index >= 15 is 0 Å². The van der Waals surface area contributed by atoms with Crippen LogP contribution in [0.3, 0.4) is 0 Å². The molecule has 0 radical (unpaired) electrons. The normalized spacial score (nSPS) is 15.8. The summed E-state index contributed by atoms with van der Waals surface area (Å²) in [5.74, 6) is 0.437. The van der Waals surface area contributed by atoms with Gasteiger partial charge in [-0.25, -0.2) is 0 Å². The van der Waals surface area contributed by atoms with Crippen molar-refractivity contribution >= 4 is 11.6 Å². The van der Waals surface area contributed by atoms with Crippen molar-refractivity contribution in [1.82, 2.24) is 4.90 Å². The van der Waals surface area contributed by atoms with Crippen molar-refractivity contribution in [2.45, 2.75) is 12.8 Å². The Morgan fingerprint density at radius 3 is 2.76 bits per heavy atom. The third-order valence-electron chi connectivity index (χ3n) is 3.62. The summed E-state index contributed by atoms with van der Waals surface area (Å²) in [6, 6.07) is 5.77.